The highest BCUT2D eigenvalue weighted by molar-refractivity contribution is 6.03. The van der Waals surface area contributed by atoms with E-state index in [-0.39, 0.29) is 19.1 Å². The molecule has 246 valence electrons. The molecule has 2 radical (unpaired) electrons. The number of nitrogens with zero attached hydrogens (tertiary/aromatic N) is 3. The third-order valence-electron chi connectivity index (χ3n) is 5.11. The molecule has 1 aromatic carbocycles. The number of methoxy groups -OCH3 is 1. The number of hydrogen-bond donors (Lipinski definition) is 4. The Hall–Kier alpha value is -5.14. The van der Waals surface area contributed by atoms with Crippen LogP contribution in [0.1, 0.15) is 46.0 Å². The van der Waals surface area contributed by atoms with Gasteiger partial charge in [0.2, 0.25) is 0 Å². The monoisotopic (exact) mass is 652 g/mol. The number of hydrogen-bond acceptors (Lipinski definition) is 10. The van der Waals surface area contributed by atoms with Gasteiger partial charge in [-0.25, -0.2) is 9.59 Å². The van der Waals surface area contributed by atoms with E-state index in [0.29, 0.717) is 41.3 Å². The van der Waals surface area contributed by atoms with E-state index >= 15 is 0 Å². The topological polar surface area (TPSA) is 209 Å². The number of rotatable bonds is 10. The average Bonchev–Trinajstić information content (AvgIpc) is 3.63. The summed E-state index contributed by atoms with van der Waals surface area (Å²) < 4.78 is 73.7. The number of aliphatic imine (C=N–C) groups is 1. The summed E-state index contributed by atoms with van der Waals surface area (Å²) in [5.41, 5.74) is 6.50. The van der Waals surface area contributed by atoms with Crippen LogP contribution in [0, 0.1) is 0 Å². The van der Waals surface area contributed by atoms with Gasteiger partial charge in [-0.1, -0.05) is 6.92 Å². The lowest BCUT2D eigenvalue weighted by molar-refractivity contribution is -0.344. The van der Waals surface area contributed by atoms with Crippen molar-refractivity contribution in [2.75, 3.05) is 25.6 Å². The number of aliphatic carboxylic acids is 2. The van der Waals surface area contributed by atoms with E-state index in [1.54, 1.807) is 14.0 Å². The van der Waals surface area contributed by atoms with E-state index in [9.17, 15) is 35.9 Å². The van der Waals surface area contributed by atoms with Gasteiger partial charge in [0, 0.05) is 11.4 Å². The molecule has 0 saturated carbocycles. The number of amidine groups is 1. The fourth-order valence-electron chi connectivity index (χ4n) is 3.16. The molecular formula is C25H26F6N6O8. The second-order valence-corrected chi connectivity index (χ2v) is 8.14. The van der Waals surface area contributed by atoms with Gasteiger partial charge >= 0.3 is 35.6 Å². The lowest BCUT2D eigenvalue weighted by Crippen LogP contribution is -2.37. The summed E-state index contributed by atoms with van der Waals surface area (Å²) in [6.45, 7) is 4.30. The minimum atomic E-state index is -5.19. The number of nitrogens with one attached hydrogen (secondary N) is 3. The second-order valence-electron chi connectivity index (χ2n) is 8.14. The number of carbonyl (C=O) groups excluding carboxylic acids is 3. The van der Waals surface area contributed by atoms with Crippen LogP contribution in [-0.2, 0) is 27.3 Å². The zero-order chi connectivity index (χ0) is 34.4. The van der Waals surface area contributed by atoms with Crippen LogP contribution in [0.3, 0.4) is 0 Å². The van der Waals surface area contributed by atoms with Crippen LogP contribution < -0.4 is 25.9 Å². The Labute approximate surface area is 250 Å². The van der Waals surface area contributed by atoms with Gasteiger partial charge in [0.25, 0.3) is 5.91 Å². The van der Waals surface area contributed by atoms with E-state index in [1.165, 1.54) is 6.34 Å². The van der Waals surface area contributed by atoms with Gasteiger partial charge in [-0.3, -0.25) is 4.79 Å². The van der Waals surface area contributed by atoms with Crippen LogP contribution in [-0.4, -0.2) is 78.7 Å². The number of carboxylic acids is 2. The van der Waals surface area contributed by atoms with Crippen LogP contribution in [0.25, 0.3) is 0 Å². The number of carbonyl (C=O) groups is 4. The third kappa shape index (κ3) is 12.6. The van der Waals surface area contributed by atoms with Gasteiger partial charge < -0.3 is 40.1 Å². The molecule has 1 aliphatic heterocycles. The Morgan fingerprint density at radius 1 is 1.02 bits per heavy atom. The summed E-state index contributed by atoms with van der Waals surface area (Å²) in [7, 11) is 1.60. The predicted molar refractivity (Wildman–Crippen MR) is 142 cm³/mol. The first-order valence-corrected chi connectivity index (χ1v) is 12.4. The van der Waals surface area contributed by atoms with Gasteiger partial charge in [-0.2, -0.15) is 31.3 Å². The van der Waals surface area contributed by atoms with Crippen molar-refractivity contribution < 1.29 is 65.2 Å². The molecule has 0 spiro atoms. The van der Waals surface area contributed by atoms with Crippen molar-refractivity contribution in [3.05, 3.63) is 46.8 Å². The summed E-state index contributed by atoms with van der Waals surface area (Å²) in [4.78, 5) is 50.2. The molecule has 0 saturated heterocycles. The molecule has 2 aromatic rings. The third-order valence-corrected chi connectivity index (χ3v) is 5.11. The standard InChI is InChI=1S/C21H25N6O4.2C2HF3O2/c1-4-15-18(21(29)31-5-2)16(10-22-13-6-8-14(30-3)9-7-13)26-19(15)20(28)23-11-17-24-12-25-27-17;2*3-2(4,5)1(6)7/h6-9,12,22,26H,4-5,10-11H2,1-3H3,(H,23,28);2*(H,6,7)/q+1;;/p-1. The van der Waals surface area contributed by atoms with Crippen LogP contribution in [0.15, 0.2) is 34.4 Å². The maximum Gasteiger partial charge on any atom is 0.490 e. The number of alkyl halides is 6. The van der Waals surface area contributed by atoms with Crippen LogP contribution in [0.2, 0.25) is 0 Å². The number of carboxylic acid groups (broad SMARTS) is 2. The van der Waals surface area contributed by atoms with Crippen molar-refractivity contribution in [2.24, 2.45) is 10.1 Å². The Morgan fingerprint density at radius 2 is 1.60 bits per heavy atom. The van der Waals surface area contributed by atoms with E-state index in [0.717, 1.165) is 11.4 Å². The van der Waals surface area contributed by atoms with E-state index in [1.807, 2.05) is 31.2 Å². The predicted octanol–water partition coefficient (Wildman–Crippen LogP) is 2.00. The highest BCUT2D eigenvalue weighted by Crippen LogP contribution is 2.23. The molecule has 2 heterocycles. The maximum atomic E-state index is 12.8. The van der Waals surface area contributed by atoms with Crippen LogP contribution >= 0.6 is 0 Å². The quantitative estimate of drug-likeness (QED) is 0.218. The number of amides is 1. The Kier molecular flexibility index (Phi) is 14.5. The summed E-state index contributed by atoms with van der Waals surface area (Å²) in [5, 5.41) is 25.6. The normalized spacial score (nSPS) is 12.1. The molecule has 0 bridgehead atoms. The molecule has 1 amide bonds. The van der Waals surface area contributed by atoms with Crippen LogP contribution in [0.5, 0.6) is 5.75 Å². The number of H-pyrrole nitrogens is 1. The lowest BCUT2D eigenvalue weighted by Gasteiger charge is -2.09. The number of halogens is 6. The largest absolute Gasteiger partial charge is 0.542 e. The zero-order valence-corrected chi connectivity index (χ0v) is 23.6. The second kappa shape index (κ2) is 17.2. The summed E-state index contributed by atoms with van der Waals surface area (Å²) >= 11 is 0. The molecule has 0 unspecified atom stereocenters. The fourth-order valence-corrected chi connectivity index (χ4v) is 3.16. The van der Waals surface area contributed by atoms with Gasteiger partial charge in [-0.15, -0.1) is 0 Å². The summed E-state index contributed by atoms with van der Waals surface area (Å²) in [6.07, 6.45) is -8.49. The Balaban J connectivity index is 0.000000601. The Morgan fingerprint density at radius 3 is 2.02 bits per heavy atom. The molecule has 1 aliphatic rings. The number of aromatic amines is 1. The Bertz CT molecular complexity index is 1360. The van der Waals surface area contributed by atoms with Gasteiger partial charge in [0.15, 0.2) is 6.34 Å². The first kappa shape index (κ1) is 37.9. The van der Waals surface area contributed by atoms with Crippen molar-refractivity contribution in [2.45, 2.75) is 39.2 Å². The molecule has 4 N–H and O–H groups in total. The van der Waals surface area contributed by atoms with E-state index < -0.39 is 30.3 Å². The maximum absolute atomic E-state index is 12.8. The van der Waals surface area contributed by atoms with Crippen molar-refractivity contribution in [3.63, 3.8) is 0 Å². The zero-order valence-electron chi connectivity index (χ0n) is 23.6. The molecule has 20 heteroatoms. The molecule has 14 nitrogen and oxygen atoms in total. The first-order chi connectivity index (χ1) is 21.0. The average molecular weight is 653 g/mol. The summed E-state index contributed by atoms with van der Waals surface area (Å²) in [6, 6.07) is 7.41. The first-order valence-electron chi connectivity index (χ1n) is 12.4. The molecule has 45 heavy (non-hydrogen) atoms. The van der Waals surface area contributed by atoms with Crippen LogP contribution in [0.4, 0.5) is 32.0 Å². The molecule has 3 rings (SSSR count). The number of anilines is 1. The molecule has 1 aromatic heterocycles. The van der Waals surface area contributed by atoms with Gasteiger partial charge in [0.05, 0.1) is 30.9 Å². The number of benzene rings is 1. The minimum Gasteiger partial charge on any atom is -0.542 e. The molecule has 0 atom stereocenters. The van der Waals surface area contributed by atoms with E-state index in [4.69, 9.17) is 29.3 Å². The van der Waals surface area contributed by atoms with Crippen molar-refractivity contribution >= 4 is 41.7 Å². The lowest BCUT2D eigenvalue weighted by atomic mass is 10.1. The highest BCUT2D eigenvalue weighted by atomic mass is 19.4. The molecule has 0 fully saturated rings. The van der Waals surface area contributed by atoms with E-state index in [2.05, 4.69) is 31.1 Å². The number of esters is 1. The molecular weight excluding hydrogens is 626 g/mol. The van der Waals surface area contributed by atoms with Crippen molar-refractivity contribution in [3.8, 4) is 5.75 Å². The smallest absolute Gasteiger partial charge is 0.490 e. The van der Waals surface area contributed by atoms with Gasteiger partial charge in [-0.05, 0) is 43.2 Å². The van der Waals surface area contributed by atoms with Crippen molar-refractivity contribution in [1.82, 2.24) is 15.7 Å². The minimum absolute atomic E-state index is 0.134. The van der Waals surface area contributed by atoms with Gasteiger partial charge in [0.1, 0.15) is 24.0 Å². The SMILES string of the molecule is CCOC(=O)c1c(CNc2ccc(OC)cc2)[nH]c(C(=O)NCC2=NC=N[N+]2)c1CC.O=C(O)C(F)(F)F.O=C([O-])C(F)(F)F. The fraction of sp³-hybridized carbons (Fsp3) is 0.360. The summed E-state index contributed by atoms with van der Waals surface area (Å²) in [5.74, 6) is -5.44. The van der Waals surface area contributed by atoms with Crippen molar-refractivity contribution in [1.29, 1.82) is 0 Å². The number of aromatic nitrogens is 1. The molecule has 0 aliphatic carbocycles. The number of ether oxygens (including phenoxy) is 2. The highest BCUT2D eigenvalue weighted by Gasteiger charge is 2.38.